The minimum atomic E-state index is -0.620. The van der Waals surface area contributed by atoms with Gasteiger partial charge in [-0.1, -0.05) is 115 Å². The van der Waals surface area contributed by atoms with Gasteiger partial charge in [0.25, 0.3) is 0 Å². The van der Waals surface area contributed by atoms with Crippen LogP contribution in [0.25, 0.3) is 0 Å². The van der Waals surface area contributed by atoms with Crippen LogP contribution < -0.4 is 9.47 Å². The fraction of sp³-hybridized carbons (Fsp3) is 0.158. The molecule has 0 bridgehead atoms. The summed E-state index contributed by atoms with van der Waals surface area (Å²) in [5.74, 6) is 2.33. The Morgan fingerprint density at radius 2 is 1.31 bits per heavy atom. The van der Waals surface area contributed by atoms with Crippen LogP contribution in [-0.2, 0) is 35.9 Å². The maximum Gasteiger partial charge on any atom is 0.180 e. The Morgan fingerprint density at radius 3 is 1.89 bits per heavy atom. The number of ether oxygens (including phenoxy) is 2. The normalized spacial score (nSPS) is 14.3. The van der Waals surface area contributed by atoms with E-state index in [1.54, 1.807) is 11.1 Å². The molecule has 1 aliphatic rings. The van der Waals surface area contributed by atoms with E-state index in [0.717, 1.165) is 27.8 Å². The molecule has 226 valence electrons. The zero-order valence-electron chi connectivity index (χ0n) is 24.6. The zero-order chi connectivity index (χ0) is 31.0. The lowest BCUT2D eigenvalue weighted by Gasteiger charge is -2.27. The van der Waals surface area contributed by atoms with Gasteiger partial charge in [-0.2, -0.15) is 0 Å². The largest absolute Gasteiger partial charge is 0.504 e. The highest BCUT2D eigenvalue weighted by molar-refractivity contribution is 6.33. The van der Waals surface area contributed by atoms with E-state index in [0.29, 0.717) is 35.9 Å². The Bertz CT molecular complexity index is 1770. The molecule has 45 heavy (non-hydrogen) atoms. The second-order valence-electron chi connectivity index (χ2n) is 10.8. The van der Waals surface area contributed by atoms with Crippen molar-refractivity contribution >= 4 is 17.5 Å². The first kappa shape index (κ1) is 30.0. The van der Waals surface area contributed by atoms with Crippen molar-refractivity contribution in [3.8, 4) is 17.2 Å². The number of allylic oxidation sites excluding steroid dienone is 1. The second kappa shape index (κ2) is 14.2. The molecule has 6 rings (SSSR count). The number of aromatic hydroxyl groups is 1. The molecule has 1 heterocycles. The molecule has 5 aromatic carbocycles. The third kappa shape index (κ3) is 7.05. The van der Waals surface area contributed by atoms with Crippen LogP contribution in [0.4, 0.5) is 0 Å². The van der Waals surface area contributed by atoms with Crippen molar-refractivity contribution in [3.63, 3.8) is 0 Å². The molecule has 1 N–H and O–H groups in total. The summed E-state index contributed by atoms with van der Waals surface area (Å²) in [6, 6.07) is 38.6. The maximum atomic E-state index is 12.7. The molecule has 5 aromatic rings. The number of benzene rings is 5. The number of hydrogen-bond donors (Lipinski definition) is 1. The van der Waals surface area contributed by atoms with E-state index in [1.165, 1.54) is 0 Å². The van der Waals surface area contributed by atoms with Gasteiger partial charge >= 0.3 is 0 Å². The van der Waals surface area contributed by atoms with Gasteiger partial charge in [0.2, 0.25) is 0 Å². The Hall–Kier alpha value is -5.00. The van der Waals surface area contributed by atoms with Gasteiger partial charge in [0.15, 0.2) is 11.5 Å². The molecule has 0 fully saturated rings. The summed E-state index contributed by atoms with van der Waals surface area (Å²) in [5.41, 5.74) is 5.51. The lowest BCUT2D eigenvalue weighted by molar-refractivity contribution is -0.142. The van der Waals surface area contributed by atoms with Crippen molar-refractivity contribution in [2.45, 2.75) is 32.2 Å². The molecule has 1 unspecified atom stereocenters. The van der Waals surface area contributed by atoms with Crippen molar-refractivity contribution in [1.29, 1.82) is 0 Å². The molecular weight excluding hydrogens is 586 g/mol. The minimum absolute atomic E-state index is 0.105. The van der Waals surface area contributed by atoms with Crippen molar-refractivity contribution in [2.75, 3.05) is 6.54 Å². The molecule has 6 nitrogen and oxygen atoms in total. The van der Waals surface area contributed by atoms with E-state index >= 15 is 0 Å². The van der Waals surface area contributed by atoms with Gasteiger partial charge in [0.1, 0.15) is 30.6 Å². The fourth-order valence-corrected chi connectivity index (χ4v) is 5.84. The van der Waals surface area contributed by atoms with Crippen molar-refractivity contribution < 1.29 is 24.2 Å². The van der Waals surface area contributed by atoms with Crippen molar-refractivity contribution in [1.82, 2.24) is 5.06 Å². The number of halogens is 1. The predicted octanol–water partition coefficient (Wildman–Crippen LogP) is 8.04. The Labute approximate surface area is 267 Å². The molecule has 0 aliphatic carbocycles. The van der Waals surface area contributed by atoms with E-state index in [9.17, 15) is 9.90 Å². The van der Waals surface area contributed by atoms with Gasteiger partial charge in [-0.05, 0) is 58.0 Å². The molecule has 1 atom stereocenters. The quantitative estimate of drug-likeness (QED) is 0.160. The van der Waals surface area contributed by atoms with Crippen LogP contribution >= 0.6 is 11.6 Å². The number of hydroxylamine groups is 2. The van der Waals surface area contributed by atoms with Crippen LogP contribution in [0.5, 0.6) is 17.2 Å². The lowest BCUT2D eigenvalue weighted by Crippen LogP contribution is -2.27. The highest BCUT2D eigenvalue weighted by Gasteiger charge is 2.34. The highest BCUT2D eigenvalue weighted by Crippen LogP contribution is 2.47. The maximum absolute atomic E-state index is 12.7. The van der Waals surface area contributed by atoms with E-state index in [4.69, 9.17) is 25.9 Å². The van der Waals surface area contributed by atoms with E-state index in [2.05, 4.69) is 5.94 Å². The summed E-state index contributed by atoms with van der Waals surface area (Å²) in [6.07, 6.45) is 0.449. The van der Waals surface area contributed by atoms with Crippen LogP contribution in [0.2, 0.25) is 5.02 Å². The highest BCUT2D eigenvalue weighted by atomic mass is 35.5. The van der Waals surface area contributed by atoms with Gasteiger partial charge < -0.3 is 14.6 Å². The van der Waals surface area contributed by atoms with Crippen LogP contribution in [0.15, 0.2) is 127 Å². The Kier molecular flexibility index (Phi) is 9.47. The zero-order valence-corrected chi connectivity index (χ0v) is 25.3. The first-order valence-electron chi connectivity index (χ1n) is 14.8. The molecule has 0 saturated heterocycles. The molecule has 0 aromatic heterocycles. The topological polar surface area (TPSA) is 68.2 Å². The first-order chi connectivity index (χ1) is 22.1. The Morgan fingerprint density at radius 1 is 0.756 bits per heavy atom. The number of fused-ring (bicyclic) bond motifs is 1. The second-order valence-corrected chi connectivity index (χ2v) is 11.1. The SMILES string of the molecule is O=C=C1C(c2ccc(OCc3ccccc3)cc2)c2cc(O)c(OCc3ccccc3)c(Cl)c2CCN1OCc1ccccc1. The Balaban J connectivity index is 1.34. The molecule has 1 aliphatic heterocycles. The third-order valence-corrected chi connectivity index (χ3v) is 8.18. The van der Waals surface area contributed by atoms with Gasteiger partial charge in [-0.3, -0.25) is 4.84 Å². The average Bonchev–Trinajstić information content (AvgIpc) is 3.24. The first-order valence-corrected chi connectivity index (χ1v) is 15.2. The average molecular weight is 618 g/mol. The lowest BCUT2D eigenvalue weighted by atomic mass is 9.85. The van der Waals surface area contributed by atoms with Crippen molar-refractivity contribution in [3.05, 3.63) is 165 Å². The fourth-order valence-electron chi connectivity index (χ4n) is 5.49. The molecule has 0 spiro atoms. The number of nitrogens with zero attached hydrogens (tertiary/aromatic N) is 1. The van der Waals surface area contributed by atoms with Gasteiger partial charge in [-0.25, -0.2) is 9.86 Å². The summed E-state index contributed by atoms with van der Waals surface area (Å²) in [7, 11) is 0. The molecule has 0 amide bonds. The minimum Gasteiger partial charge on any atom is -0.504 e. The van der Waals surface area contributed by atoms with E-state index < -0.39 is 5.92 Å². The third-order valence-electron chi connectivity index (χ3n) is 7.78. The van der Waals surface area contributed by atoms with Gasteiger partial charge in [0.05, 0.1) is 24.1 Å². The molecule has 0 radical (unpaired) electrons. The summed E-state index contributed by atoms with van der Waals surface area (Å²) in [6.45, 7) is 1.29. The number of rotatable bonds is 10. The summed E-state index contributed by atoms with van der Waals surface area (Å²) >= 11 is 6.99. The number of phenols is 1. The number of phenolic OH excluding ortho intramolecular Hbond substituents is 1. The summed E-state index contributed by atoms with van der Waals surface area (Å²) in [5, 5.41) is 13.1. The van der Waals surface area contributed by atoms with Crippen molar-refractivity contribution in [2.24, 2.45) is 0 Å². The van der Waals surface area contributed by atoms with E-state index in [-0.39, 0.29) is 30.4 Å². The smallest absolute Gasteiger partial charge is 0.180 e. The van der Waals surface area contributed by atoms with Gasteiger partial charge in [-0.15, -0.1) is 0 Å². The van der Waals surface area contributed by atoms with Crippen LogP contribution in [0.3, 0.4) is 0 Å². The number of carbonyl (C=O) groups excluding carboxylic acids is 1. The van der Waals surface area contributed by atoms with Crippen LogP contribution in [-0.4, -0.2) is 22.7 Å². The van der Waals surface area contributed by atoms with E-state index in [1.807, 2.05) is 115 Å². The molecular formula is C38H32ClNO5. The molecule has 7 heteroatoms. The summed E-state index contributed by atoms with van der Waals surface area (Å²) < 4.78 is 12.0. The molecule has 0 saturated carbocycles. The monoisotopic (exact) mass is 617 g/mol. The van der Waals surface area contributed by atoms with Gasteiger partial charge in [0, 0.05) is 0 Å². The summed E-state index contributed by atoms with van der Waals surface area (Å²) in [4.78, 5) is 18.9. The standard InChI is InChI=1S/C38H32ClNO5/c39-37-32-20-21-40(45-26-29-14-8-3-9-15-29)34(23-41)36(30-16-18-31(19-17-30)43-24-27-10-4-1-5-11-27)33(32)22-35(42)38(37)44-25-28-12-6-2-7-13-28/h1-19,22,36,42H,20-21,24-26H2. The van der Waals surface area contributed by atoms with Crippen LogP contribution in [0, 0.1) is 0 Å². The predicted molar refractivity (Wildman–Crippen MR) is 174 cm³/mol. The number of hydrogen-bond acceptors (Lipinski definition) is 6. The van der Waals surface area contributed by atoms with Crippen LogP contribution in [0.1, 0.15) is 39.3 Å².